The largest absolute Gasteiger partial charge is 0.500 e. The number of carbonyl (C=O) groups is 2. The van der Waals surface area contributed by atoms with Gasteiger partial charge in [0.05, 0.1) is 16.9 Å². The van der Waals surface area contributed by atoms with Crippen LogP contribution in [0.25, 0.3) is 6.08 Å². The smallest absolute Gasteiger partial charge is 0.315 e. The number of aromatic hydroxyl groups is 1. The molecule has 25 heavy (non-hydrogen) atoms. The molecule has 1 aromatic rings. The topological polar surface area (TPSA) is 119 Å². The molecule has 0 aliphatic carbocycles. The SMILES string of the molecule is COCCCN1C(=O)S/C(=C/c2cc(OC)c(O)c([N+](=O)[O-])c2)C1=O. The molecule has 0 radical (unpaired) electrons. The molecule has 1 aliphatic rings. The summed E-state index contributed by atoms with van der Waals surface area (Å²) in [5.74, 6) is -1.17. The Morgan fingerprint density at radius 2 is 2.08 bits per heavy atom. The van der Waals surface area contributed by atoms with E-state index in [1.165, 1.54) is 26.4 Å². The van der Waals surface area contributed by atoms with E-state index >= 15 is 0 Å². The number of benzene rings is 1. The summed E-state index contributed by atoms with van der Waals surface area (Å²) in [5, 5.41) is 20.4. The van der Waals surface area contributed by atoms with Gasteiger partial charge in [-0.05, 0) is 35.9 Å². The normalized spacial score (nSPS) is 15.9. The minimum atomic E-state index is -0.758. The Balaban J connectivity index is 2.31. The highest BCUT2D eigenvalue weighted by Gasteiger charge is 2.34. The van der Waals surface area contributed by atoms with Gasteiger partial charge in [-0.2, -0.15) is 0 Å². The molecule has 1 N–H and O–H groups in total. The number of rotatable bonds is 7. The van der Waals surface area contributed by atoms with E-state index in [9.17, 15) is 24.8 Å². The van der Waals surface area contributed by atoms with Gasteiger partial charge < -0.3 is 14.6 Å². The van der Waals surface area contributed by atoms with Gasteiger partial charge in [-0.3, -0.25) is 24.6 Å². The van der Waals surface area contributed by atoms with Crippen LogP contribution in [0.4, 0.5) is 10.5 Å². The lowest BCUT2D eigenvalue weighted by molar-refractivity contribution is -0.386. The summed E-state index contributed by atoms with van der Waals surface area (Å²) in [7, 11) is 2.78. The summed E-state index contributed by atoms with van der Waals surface area (Å²) in [6.07, 6.45) is 1.87. The number of nitro benzene ring substituents is 1. The van der Waals surface area contributed by atoms with Gasteiger partial charge >= 0.3 is 5.69 Å². The fourth-order valence-corrected chi connectivity index (χ4v) is 3.07. The minimum absolute atomic E-state index is 0.0974. The molecular weight excluding hydrogens is 352 g/mol. The average Bonchev–Trinajstić information content (AvgIpc) is 2.83. The van der Waals surface area contributed by atoms with E-state index < -0.39 is 27.5 Å². The van der Waals surface area contributed by atoms with Crippen molar-refractivity contribution in [2.75, 3.05) is 27.4 Å². The molecule has 0 bridgehead atoms. The Bertz CT molecular complexity index is 748. The van der Waals surface area contributed by atoms with Crippen LogP contribution in [0, 0.1) is 10.1 Å². The number of phenols is 1. The van der Waals surface area contributed by atoms with Gasteiger partial charge in [-0.15, -0.1) is 0 Å². The zero-order chi connectivity index (χ0) is 18.6. The number of ether oxygens (including phenoxy) is 2. The monoisotopic (exact) mass is 368 g/mol. The van der Waals surface area contributed by atoms with Gasteiger partial charge in [0.2, 0.25) is 5.75 Å². The molecule has 10 heteroatoms. The van der Waals surface area contributed by atoms with Crippen molar-refractivity contribution in [3.63, 3.8) is 0 Å². The summed E-state index contributed by atoms with van der Waals surface area (Å²) in [5.41, 5.74) is -0.284. The fraction of sp³-hybridized carbons (Fsp3) is 0.333. The Kier molecular flexibility index (Phi) is 5.99. The van der Waals surface area contributed by atoms with Crippen LogP contribution in [-0.4, -0.2) is 53.4 Å². The highest BCUT2D eigenvalue weighted by Crippen LogP contribution is 2.39. The molecule has 1 aromatic carbocycles. The lowest BCUT2D eigenvalue weighted by Gasteiger charge is -2.11. The van der Waals surface area contributed by atoms with E-state index in [-0.39, 0.29) is 22.8 Å². The number of nitro groups is 1. The number of hydrogen-bond acceptors (Lipinski definition) is 8. The molecular formula is C15H16N2O7S. The Morgan fingerprint density at radius 3 is 2.68 bits per heavy atom. The molecule has 1 heterocycles. The minimum Gasteiger partial charge on any atom is -0.500 e. The highest BCUT2D eigenvalue weighted by atomic mass is 32.2. The third kappa shape index (κ3) is 4.09. The molecule has 1 aliphatic heterocycles. The number of nitrogens with zero attached hydrogens (tertiary/aromatic N) is 2. The molecule has 0 spiro atoms. The second-order valence-corrected chi connectivity index (χ2v) is 6.02. The maximum atomic E-state index is 12.3. The summed E-state index contributed by atoms with van der Waals surface area (Å²) in [6, 6.07) is 2.46. The van der Waals surface area contributed by atoms with Crippen LogP contribution < -0.4 is 4.74 Å². The van der Waals surface area contributed by atoms with Crippen molar-refractivity contribution in [2.45, 2.75) is 6.42 Å². The molecule has 1 fully saturated rings. The second kappa shape index (κ2) is 7.99. The predicted octanol–water partition coefficient (Wildman–Crippen LogP) is 2.38. The van der Waals surface area contributed by atoms with Crippen LogP contribution in [0.5, 0.6) is 11.5 Å². The van der Waals surface area contributed by atoms with Gasteiger partial charge in [0.1, 0.15) is 0 Å². The lowest BCUT2D eigenvalue weighted by Crippen LogP contribution is -2.29. The number of thioether (sulfide) groups is 1. The Labute approximate surface area is 147 Å². The molecule has 0 aromatic heterocycles. The van der Waals surface area contributed by atoms with Crippen LogP contribution in [0.1, 0.15) is 12.0 Å². The Hall–Kier alpha value is -2.59. The second-order valence-electron chi connectivity index (χ2n) is 5.03. The summed E-state index contributed by atoms with van der Waals surface area (Å²) < 4.78 is 9.80. The van der Waals surface area contributed by atoms with Crippen molar-refractivity contribution >= 4 is 34.7 Å². The molecule has 134 valence electrons. The summed E-state index contributed by atoms with van der Waals surface area (Å²) >= 11 is 0.751. The first-order valence-electron chi connectivity index (χ1n) is 7.18. The third-order valence-corrected chi connectivity index (χ3v) is 4.30. The van der Waals surface area contributed by atoms with Crippen molar-refractivity contribution in [3.8, 4) is 11.5 Å². The number of hydrogen-bond donors (Lipinski definition) is 1. The van der Waals surface area contributed by atoms with Crippen LogP contribution in [-0.2, 0) is 9.53 Å². The summed E-state index contributed by atoms with van der Waals surface area (Å²) in [6.45, 7) is 0.650. The van der Waals surface area contributed by atoms with E-state index in [4.69, 9.17) is 9.47 Å². The summed E-state index contributed by atoms with van der Waals surface area (Å²) in [4.78, 5) is 35.8. The van der Waals surface area contributed by atoms with E-state index in [1.54, 1.807) is 0 Å². The molecule has 0 saturated carbocycles. The van der Waals surface area contributed by atoms with Crippen molar-refractivity contribution < 1.29 is 29.1 Å². The van der Waals surface area contributed by atoms with Crippen LogP contribution in [0.2, 0.25) is 0 Å². The quantitative estimate of drug-likeness (QED) is 0.337. The maximum Gasteiger partial charge on any atom is 0.315 e. The first kappa shape index (κ1) is 18.7. The van der Waals surface area contributed by atoms with Crippen molar-refractivity contribution in [1.82, 2.24) is 4.90 Å². The van der Waals surface area contributed by atoms with Gasteiger partial charge in [-0.25, -0.2) is 0 Å². The van der Waals surface area contributed by atoms with Crippen molar-refractivity contribution in [2.24, 2.45) is 0 Å². The zero-order valence-electron chi connectivity index (χ0n) is 13.6. The van der Waals surface area contributed by atoms with Gasteiger partial charge in [0.15, 0.2) is 5.75 Å². The standard InChI is InChI=1S/C15H16N2O7S/c1-23-5-3-4-16-14(19)12(25-15(16)20)8-9-6-10(17(21)22)13(18)11(7-9)24-2/h6-8,18H,3-5H2,1-2H3/b12-8+. The van der Waals surface area contributed by atoms with Crippen LogP contribution in [0.3, 0.4) is 0 Å². The van der Waals surface area contributed by atoms with Crippen LogP contribution >= 0.6 is 11.8 Å². The number of amides is 2. The zero-order valence-corrected chi connectivity index (χ0v) is 14.4. The lowest BCUT2D eigenvalue weighted by atomic mass is 10.1. The van der Waals surface area contributed by atoms with Gasteiger partial charge in [0, 0.05) is 26.3 Å². The molecule has 2 rings (SSSR count). The number of imide groups is 1. The maximum absolute atomic E-state index is 12.3. The van der Waals surface area contributed by atoms with Crippen LogP contribution in [0.15, 0.2) is 17.0 Å². The molecule has 0 unspecified atom stereocenters. The van der Waals surface area contributed by atoms with Crippen molar-refractivity contribution in [1.29, 1.82) is 0 Å². The Morgan fingerprint density at radius 1 is 1.36 bits per heavy atom. The first-order chi connectivity index (χ1) is 11.9. The average molecular weight is 368 g/mol. The molecule has 9 nitrogen and oxygen atoms in total. The number of phenolic OH excluding ortho intramolecular Hbond substituents is 1. The van der Waals surface area contributed by atoms with E-state index in [2.05, 4.69) is 0 Å². The first-order valence-corrected chi connectivity index (χ1v) is 8.00. The molecule has 1 saturated heterocycles. The highest BCUT2D eigenvalue weighted by molar-refractivity contribution is 8.18. The third-order valence-electron chi connectivity index (χ3n) is 3.40. The van der Waals surface area contributed by atoms with E-state index in [0.717, 1.165) is 22.7 Å². The predicted molar refractivity (Wildman–Crippen MR) is 90.5 cm³/mol. The van der Waals surface area contributed by atoms with E-state index in [0.29, 0.717) is 13.0 Å². The van der Waals surface area contributed by atoms with Gasteiger partial charge in [0.25, 0.3) is 11.1 Å². The molecule has 0 atom stereocenters. The number of methoxy groups -OCH3 is 2. The fourth-order valence-electron chi connectivity index (χ4n) is 2.20. The molecule has 2 amide bonds. The number of carbonyl (C=O) groups excluding carboxylic acids is 2. The van der Waals surface area contributed by atoms with Gasteiger partial charge in [-0.1, -0.05) is 0 Å². The van der Waals surface area contributed by atoms with E-state index in [1.807, 2.05) is 0 Å². The van der Waals surface area contributed by atoms with Crippen molar-refractivity contribution in [3.05, 3.63) is 32.7 Å².